The Hall–Kier alpha value is -0.170. The monoisotopic (exact) mass is 156 g/mol. The third-order valence-electron chi connectivity index (χ3n) is 1.95. The summed E-state index contributed by atoms with van der Waals surface area (Å²) in [6, 6.07) is 0. The average Bonchev–Trinajstić information content (AvgIpc) is 2.05. The molecule has 0 aromatic rings. The third kappa shape index (κ3) is 1.91. The van der Waals surface area contributed by atoms with Gasteiger partial charge in [-0.1, -0.05) is 31.2 Å². The first-order valence-electron chi connectivity index (χ1n) is 3.88. The Bertz CT molecular complexity index is 135. The molecule has 1 unspecified atom stereocenters. The second-order valence-corrected chi connectivity index (χ2v) is 5.40. The van der Waals surface area contributed by atoms with Crippen LogP contribution in [0.4, 0.5) is 0 Å². The van der Waals surface area contributed by atoms with Crippen molar-refractivity contribution in [2.75, 3.05) is 12.0 Å². The molecular weight excluding hydrogens is 140 g/mol. The number of hydrogen-bond donors (Lipinski definition) is 1. The van der Waals surface area contributed by atoms with Crippen molar-refractivity contribution >= 4 is 10.9 Å². The first kappa shape index (κ1) is 7.93. The fraction of sp³-hybridized carbons (Fsp3) is 0.556. The van der Waals surface area contributed by atoms with E-state index in [2.05, 4.69) is 37.5 Å². The Balaban J connectivity index is 2.46. The molecule has 0 nitrogen and oxygen atoms in total. The minimum atomic E-state index is 0.230. The van der Waals surface area contributed by atoms with Gasteiger partial charge < -0.3 is 0 Å². The van der Waals surface area contributed by atoms with Crippen molar-refractivity contribution in [3.05, 3.63) is 24.3 Å². The second-order valence-electron chi connectivity index (χ2n) is 2.66. The Morgan fingerprint density at radius 2 is 2.00 bits per heavy atom. The summed E-state index contributed by atoms with van der Waals surface area (Å²) in [7, 11) is 0.230. The van der Waals surface area contributed by atoms with Gasteiger partial charge in [-0.15, -0.1) is 0 Å². The molecule has 1 heteroatoms. The van der Waals surface area contributed by atoms with Gasteiger partial charge in [-0.2, -0.15) is 0 Å². The maximum atomic E-state index is 2.38. The largest absolute Gasteiger partial charge is 0.247 e. The van der Waals surface area contributed by atoms with Crippen LogP contribution in [0.15, 0.2) is 24.3 Å². The topological polar surface area (TPSA) is 0 Å². The van der Waals surface area contributed by atoms with E-state index in [4.69, 9.17) is 0 Å². The summed E-state index contributed by atoms with van der Waals surface area (Å²) in [6.07, 6.45) is 12.8. The molecule has 0 fully saturated rings. The van der Waals surface area contributed by atoms with Crippen molar-refractivity contribution in [3.63, 3.8) is 0 Å². The Morgan fingerprint density at radius 3 is 2.50 bits per heavy atom. The fourth-order valence-electron chi connectivity index (χ4n) is 1.08. The highest BCUT2D eigenvalue weighted by molar-refractivity contribution is 8.17. The lowest BCUT2D eigenvalue weighted by Gasteiger charge is -2.21. The lowest BCUT2D eigenvalue weighted by molar-refractivity contribution is 1.23. The molecule has 1 atom stereocenters. The van der Waals surface area contributed by atoms with Gasteiger partial charge in [-0.25, -0.2) is 10.9 Å². The first-order valence-corrected chi connectivity index (χ1v) is 5.92. The summed E-state index contributed by atoms with van der Waals surface area (Å²) >= 11 is 0. The van der Waals surface area contributed by atoms with Crippen LogP contribution in [0.3, 0.4) is 0 Å². The molecule has 10 heavy (non-hydrogen) atoms. The van der Waals surface area contributed by atoms with Crippen LogP contribution in [0.25, 0.3) is 0 Å². The van der Waals surface area contributed by atoms with Gasteiger partial charge in [0.2, 0.25) is 0 Å². The fourth-order valence-corrected chi connectivity index (χ4v) is 2.34. The van der Waals surface area contributed by atoms with Crippen LogP contribution in [-0.2, 0) is 0 Å². The SMILES string of the molecule is CC[SH](C)C1C=CCC=C1. The van der Waals surface area contributed by atoms with E-state index < -0.39 is 0 Å². The Labute approximate surface area is 66.4 Å². The van der Waals surface area contributed by atoms with Crippen LogP contribution < -0.4 is 0 Å². The lowest BCUT2D eigenvalue weighted by Crippen LogP contribution is -2.03. The first-order chi connectivity index (χ1) is 4.84. The Morgan fingerprint density at radius 1 is 1.40 bits per heavy atom. The molecule has 0 aromatic carbocycles. The molecule has 0 heterocycles. The maximum absolute atomic E-state index is 2.38. The summed E-state index contributed by atoms with van der Waals surface area (Å²) in [5, 5.41) is 0.772. The molecule has 0 amide bonds. The molecule has 1 aliphatic carbocycles. The van der Waals surface area contributed by atoms with Crippen molar-refractivity contribution in [2.45, 2.75) is 18.6 Å². The van der Waals surface area contributed by atoms with Gasteiger partial charge in [-0.05, 0) is 18.4 Å². The quantitative estimate of drug-likeness (QED) is 0.461. The highest BCUT2D eigenvalue weighted by Gasteiger charge is 2.05. The maximum Gasteiger partial charge on any atom is 0.0225 e. The van der Waals surface area contributed by atoms with Crippen LogP contribution >= 0.6 is 10.9 Å². The van der Waals surface area contributed by atoms with Crippen LogP contribution in [0.2, 0.25) is 0 Å². The van der Waals surface area contributed by atoms with Gasteiger partial charge in [0.05, 0.1) is 0 Å². The van der Waals surface area contributed by atoms with E-state index in [1.807, 2.05) is 0 Å². The van der Waals surface area contributed by atoms with Gasteiger partial charge in [0.15, 0.2) is 0 Å². The van der Waals surface area contributed by atoms with E-state index in [1.54, 1.807) is 0 Å². The lowest BCUT2D eigenvalue weighted by atomic mass is 10.2. The molecule has 0 aromatic heterocycles. The number of rotatable bonds is 2. The van der Waals surface area contributed by atoms with Gasteiger partial charge in [0.1, 0.15) is 0 Å². The van der Waals surface area contributed by atoms with Crippen LogP contribution in [0.1, 0.15) is 13.3 Å². The van der Waals surface area contributed by atoms with Crippen molar-refractivity contribution in [3.8, 4) is 0 Å². The normalized spacial score (nSPS) is 23.2. The van der Waals surface area contributed by atoms with Crippen LogP contribution in [0, 0.1) is 0 Å². The highest BCUT2D eigenvalue weighted by atomic mass is 32.2. The van der Waals surface area contributed by atoms with E-state index in [0.29, 0.717) is 0 Å². The minimum Gasteiger partial charge on any atom is -0.247 e. The van der Waals surface area contributed by atoms with Crippen molar-refractivity contribution < 1.29 is 0 Å². The minimum absolute atomic E-state index is 0.230. The van der Waals surface area contributed by atoms with Crippen molar-refractivity contribution in [1.29, 1.82) is 0 Å². The molecule has 0 spiro atoms. The molecule has 0 N–H and O–H groups in total. The summed E-state index contributed by atoms with van der Waals surface area (Å²) in [5.74, 6) is 1.34. The molecule has 58 valence electrons. The van der Waals surface area contributed by atoms with Gasteiger partial charge in [-0.3, -0.25) is 0 Å². The zero-order valence-corrected chi connectivity index (χ0v) is 7.64. The van der Waals surface area contributed by atoms with E-state index in [0.717, 1.165) is 11.7 Å². The smallest absolute Gasteiger partial charge is 0.0225 e. The van der Waals surface area contributed by atoms with Crippen LogP contribution in [0.5, 0.6) is 0 Å². The Kier molecular flexibility index (Phi) is 3.07. The zero-order valence-electron chi connectivity index (χ0n) is 6.75. The molecule has 0 bridgehead atoms. The number of allylic oxidation sites excluding steroid dienone is 2. The third-order valence-corrected chi connectivity index (χ3v) is 4.31. The van der Waals surface area contributed by atoms with Crippen molar-refractivity contribution in [2.24, 2.45) is 0 Å². The molecule has 0 saturated carbocycles. The molecule has 0 aliphatic heterocycles. The summed E-state index contributed by atoms with van der Waals surface area (Å²) in [5.41, 5.74) is 0. The zero-order chi connectivity index (χ0) is 7.40. The highest BCUT2D eigenvalue weighted by Crippen LogP contribution is 2.30. The van der Waals surface area contributed by atoms with E-state index in [-0.39, 0.29) is 10.9 Å². The van der Waals surface area contributed by atoms with E-state index in [1.165, 1.54) is 5.75 Å². The summed E-state index contributed by atoms with van der Waals surface area (Å²) in [4.78, 5) is 0. The van der Waals surface area contributed by atoms with Gasteiger partial charge >= 0.3 is 0 Å². The average molecular weight is 156 g/mol. The number of hydrogen-bond acceptors (Lipinski definition) is 0. The molecule has 0 saturated heterocycles. The van der Waals surface area contributed by atoms with Gasteiger partial charge in [0.25, 0.3) is 0 Å². The molecule has 1 rings (SSSR count). The second kappa shape index (κ2) is 3.87. The summed E-state index contributed by atoms with van der Waals surface area (Å²) < 4.78 is 0. The predicted molar refractivity (Wildman–Crippen MR) is 52.1 cm³/mol. The summed E-state index contributed by atoms with van der Waals surface area (Å²) in [6.45, 7) is 2.28. The standard InChI is InChI=1S/C9H16S/c1-3-10(2)9-7-5-4-6-8-9/h5-10H,3-4H2,1-2H3. The van der Waals surface area contributed by atoms with Crippen molar-refractivity contribution in [1.82, 2.24) is 0 Å². The molecular formula is C9H16S. The predicted octanol–water partition coefficient (Wildman–Crippen LogP) is 2.52. The van der Waals surface area contributed by atoms with Gasteiger partial charge in [0, 0.05) is 5.25 Å². The van der Waals surface area contributed by atoms with E-state index >= 15 is 0 Å². The molecule has 1 aliphatic rings. The van der Waals surface area contributed by atoms with Crippen LogP contribution in [-0.4, -0.2) is 17.3 Å². The number of thiol groups is 1. The molecule has 0 radical (unpaired) electrons. The van der Waals surface area contributed by atoms with E-state index in [9.17, 15) is 0 Å².